The third-order valence-corrected chi connectivity index (χ3v) is 3.37. The standard InChI is InChI=1S/C10H15NO4.C9H8BNO3/c12-6-8-14-11(15-9-7-13)10-4-2-1-3-5-10;12-10(13)14-9-6-5-7-3-1-2-4-8(7)11-9/h1-5,12-13H,6-9H2;1-6,12-13H. The molecule has 29 heavy (non-hydrogen) atoms. The Morgan fingerprint density at radius 2 is 1.41 bits per heavy atom. The van der Waals surface area contributed by atoms with Gasteiger partial charge in [0.15, 0.2) is 5.88 Å². The Morgan fingerprint density at radius 1 is 0.793 bits per heavy atom. The summed E-state index contributed by atoms with van der Waals surface area (Å²) in [6, 6.07) is 20.1. The summed E-state index contributed by atoms with van der Waals surface area (Å²) in [5, 5.41) is 36.6. The van der Waals surface area contributed by atoms with Crippen molar-refractivity contribution in [1.82, 2.24) is 4.98 Å². The van der Waals surface area contributed by atoms with Crippen LogP contribution in [-0.2, 0) is 9.68 Å². The fraction of sp³-hybridized carbons (Fsp3) is 0.211. The molecule has 0 fully saturated rings. The van der Waals surface area contributed by atoms with Crippen LogP contribution in [0.3, 0.4) is 0 Å². The van der Waals surface area contributed by atoms with Gasteiger partial charge in [-0.05, 0) is 30.3 Å². The average molecular weight is 402 g/mol. The second kappa shape index (κ2) is 12.7. The maximum absolute atomic E-state index is 8.63. The molecule has 0 radical (unpaired) electrons. The molecular formula is C19H23BN2O7. The quantitative estimate of drug-likeness (QED) is 0.306. The van der Waals surface area contributed by atoms with Gasteiger partial charge < -0.3 is 24.9 Å². The summed E-state index contributed by atoms with van der Waals surface area (Å²) < 4.78 is 4.62. The van der Waals surface area contributed by atoms with E-state index in [-0.39, 0.29) is 32.3 Å². The molecule has 0 saturated carbocycles. The van der Waals surface area contributed by atoms with Gasteiger partial charge in [-0.2, -0.15) is 0 Å². The van der Waals surface area contributed by atoms with E-state index in [2.05, 4.69) is 9.64 Å². The van der Waals surface area contributed by atoms with Crippen molar-refractivity contribution >= 4 is 23.9 Å². The average Bonchev–Trinajstić information content (AvgIpc) is 2.74. The maximum Gasteiger partial charge on any atom is 0.708 e. The molecule has 3 rings (SSSR count). The lowest BCUT2D eigenvalue weighted by molar-refractivity contribution is -0.103. The molecule has 0 amide bonds. The van der Waals surface area contributed by atoms with Gasteiger partial charge >= 0.3 is 7.32 Å². The second-order valence-corrected chi connectivity index (χ2v) is 5.49. The van der Waals surface area contributed by atoms with Crippen LogP contribution in [0.15, 0.2) is 66.7 Å². The zero-order valence-corrected chi connectivity index (χ0v) is 15.7. The maximum atomic E-state index is 8.63. The number of nitrogens with zero attached hydrogens (tertiary/aromatic N) is 2. The first-order valence-electron chi connectivity index (χ1n) is 8.85. The second-order valence-electron chi connectivity index (χ2n) is 5.49. The third kappa shape index (κ3) is 8.04. The van der Waals surface area contributed by atoms with Crippen LogP contribution < -0.4 is 9.88 Å². The van der Waals surface area contributed by atoms with Crippen molar-refractivity contribution in [3.05, 3.63) is 66.7 Å². The molecule has 0 unspecified atom stereocenters. The molecule has 0 aliphatic carbocycles. The van der Waals surface area contributed by atoms with Gasteiger partial charge in [-0.25, -0.2) is 14.7 Å². The van der Waals surface area contributed by atoms with Crippen LogP contribution in [0.1, 0.15) is 0 Å². The van der Waals surface area contributed by atoms with E-state index in [0.717, 1.165) is 10.9 Å². The summed E-state index contributed by atoms with van der Waals surface area (Å²) in [7, 11) is -1.83. The van der Waals surface area contributed by atoms with Crippen LogP contribution in [-0.4, -0.2) is 59.0 Å². The number of para-hydroxylation sites is 2. The van der Waals surface area contributed by atoms with Gasteiger partial charge in [0.2, 0.25) is 0 Å². The fourth-order valence-electron chi connectivity index (χ4n) is 2.20. The minimum atomic E-state index is -1.83. The smallest absolute Gasteiger partial charge is 0.498 e. The number of aliphatic hydroxyl groups excluding tert-OH is 2. The highest BCUT2D eigenvalue weighted by Gasteiger charge is 2.11. The van der Waals surface area contributed by atoms with Gasteiger partial charge in [-0.15, -0.1) is 5.23 Å². The molecule has 0 aliphatic heterocycles. The molecule has 4 N–H and O–H groups in total. The van der Waals surface area contributed by atoms with Crippen molar-refractivity contribution in [2.24, 2.45) is 0 Å². The number of anilines is 1. The van der Waals surface area contributed by atoms with Crippen molar-refractivity contribution < 1.29 is 34.6 Å². The van der Waals surface area contributed by atoms with E-state index in [0.29, 0.717) is 5.69 Å². The van der Waals surface area contributed by atoms with E-state index in [1.54, 1.807) is 24.3 Å². The molecular weight excluding hydrogens is 379 g/mol. The molecule has 0 spiro atoms. The van der Waals surface area contributed by atoms with Gasteiger partial charge in [0.25, 0.3) is 0 Å². The number of hydrogen-bond donors (Lipinski definition) is 4. The lowest BCUT2D eigenvalue weighted by Crippen LogP contribution is -2.26. The van der Waals surface area contributed by atoms with E-state index < -0.39 is 7.32 Å². The Hall–Kier alpha value is -2.73. The molecule has 0 aliphatic rings. The van der Waals surface area contributed by atoms with E-state index in [1.807, 2.05) is 42.5 Å². The predicted octanol–water partition coefficient (Wildman–Crippen LogP) is 0.924. The Morgan fingerprint density at radius 3 is 2.03 bits per heavy atom. The monoisotopic (exact) mass is 402 g/mol. The van der Waals surface area contributed by atoms with Crippen LogP contribution in [0.2, 0.25) is 0 Å². The minimum Gasteiger partial charge on any atom is -0.498 e. The van der Waals surface area contributed by atoms with Crippen LogP contribution >= 0.6 is 0 Å². The summed E-state index contributed by atoms with van der Waals surface area (Å²) in [5.41, 5.74) is 1.46. The van der Waals surface area contributed by atoms with E-state index in [1.165, 1.54) is 5.23 Å². The normalized spacial score (nSPS) is 10.2. The zero-order valence-electron chi connectivity index (χ0n) is 15.7. The lowest BCUT2D eigenvalue weighted by atomic mass is 10.2. The number of aliphatic hydroxyl groups is 2. The number of aromatic nitrogens is 1. The highest BCUT2D eigenvalue weighted by molar-refractivity contribution is 6.33. The first-order chi connectivity index (χ1) is 14.1. The van der Waals surface area contributed by atoms with Gasteiger partial charge in [0, 0.05) is 5.39 Å². The summed E-state index contributed by atoms with van der Waals surface area (Å²) >= 11 is 0. The summed E-state index contributed by atoms with van der Waals surface area (Å²) in [5.74, 6) is 0.193. The molecule has 1 heterocycles. The molecule has 0 saturated heterocycles. The highest BCUT2D eigenvalue weighted by atomic mass is 16.9. The van der Waals surface area contributed by atoms with Gasteiger partial charge in [0.05, 0.1) is 24.4 Å². The molecule has 3 aromatic rings. The predicted molar refractivity (Wildman–Crippen MR) is 108 cm³/mol. The number of benzene rings is 2. The SMILES string of the molecule is OB(O)Oc1ccc2ccccc2n1.OCCON(OCCO)c1ccccc1. The molecule has 0 atom stereocenters. The van der Waals surface area contributed by atoms with Gasteiger partial charge in [0.1, 0.15) is 13.2 Å². The van der Waals surface area contributed by atoms with Crippen molar-refractivity contribution in [3.8, 4) is 5.88 Å². The third-order valence-electron chi connectivity index (χ3n) is 3.37. The van der Waals surface area contributed by atoms with Crippen molar-refractivity contribution in [2.45, 2.75) is 0 Å². The van der Waals surface area contributed by atoms with Gasteiger partial charge in [-0.3, -0.25) is 0 Å². The Bertz CT molecular complexity index is 831. The largest absolute Gasteiger partial charge is 0.708 e. The molecule has 154 valence electrons. The van der Waals surface area contributed by atoms with E-state index >= 15 is 0 Å². The highest BCUT2D eigenvalue weighted by Crippen LogP contribution is 2.16. The van der Waals surface area contributed by atoms with E-state index in [4.69, 9.17) is 29.9 Å². The van der Waals surface area contributed by atoms with Crippen LogP contribution in [0.4, 0.5) is 5.69 Å². The Balaban J connectivity index is 0.000000207. The summed E-state index contributed by atoms with van der Waals surface area (Å²) in [6.07, 6.45) is 0. The van der Waals surface area contributed by atoms with Crippen LogP contribution in [0.5, 0.6) is 5.88 Å². The molecule has 1 aromatic heterocycles. The van der Waals surface area contributed by atoms with Crippen LogP contribution in [0, 0.1) is 0 Å². The number of hydrogen-bond acceptors (Lipinski definition) is 9. The lowest BCUT2D eigenvalue weighted by Gasteiger charge is -2.21. The van der Waals surface area contributed by atoms with Crippen molar-refractivity contribution in [1.29, 1.82) is 0 Å². The first-order valence-corrected chi connectivity index (χ1v) is 8.85. The number of pyridine rings is 1. The van der Waals surface area contributed by atoms with Crippen molar-refractivity contribution in [2.75, 3.05) is 31.7 Å². The topological polar surface area (TPSA) is 125 Å². The summed E-state index contributed by atoms with van der Waals surface area (Å²) in [4.78, 5) is 14.3. The van der Waals surface area contributed by atoms with Crippen molar-refractivity contribution in [3.63, 3.8) is 0 Å². The molecule has 10 heteroatoms. The molecule has 2 aromatic carbocycles. The number of fused-ring (bicyclic) bond motifs is 1. The van der Waals surface area contributed by atoms with Gasteiger partial charge in [-0.1, -0.05) is 36.4 Å². The van der Waals surface area contributed by atoms with E-state index in [9.17, 15) is 0 Å². The minimum absolute atomic E-state index is 0.0914. The fourth-order valence-corrected chi connectivity index (χ4v) is 2.20. The first kappa shape index (κ1) is 22.6. The Kier molecular flexibility index (Phi) is 9.86. The number of rotatable bonds is 9. The molecule has 9 nitrogen and oxygen atoms in total. The summed E-state index contributed by atoms with van der Waals surface area (Å²) in [6.45, 7) is 0.0955. The molecule has 0 bridgehead atoms. The zero-order chi connectivity index (χ0) is 20.9. The van der Waals surface area contributed by atoms with Crippen LogP contribution in [0.25, 0.3) is 10.9 Å². The Labute approximate surface area is 168 Å².